The predicted molar refractivity (Wildman–Crippen MR) is 91.1 cm³/mol. The molecule has 0 amide bonds. The van der Waals surface area contributed by atoms with Gasteiger partial charge >= 0.3 is 0 Å². The molecule has 1 fully saturated rings. The van der Waals surface area contributed by atoms with E-state index in [-0.39, 0.29) is 0 Å². The molecule has 5 heteroatoms. The lowest BCUT2D eigenvalue weighted by Crippen LogP contribution is -2.49. The van der Waals surface area contributed by atoms with Crippen molar-refractivity contribution in [3.8, 4) is 0 Å². The fourth-order valence-electron chi connectivity index (χ4n) is 3.33. The van der Waals surface area contributed by atoms with Gasteiger partial charge in [-0.3, -0.25) is 4.90 Å². The minimum atomic E-state index is 0.471. The summed E-state index contributed by atoms with van der Waals surface area (Å²) in [7, 11) is 0. The molecule has 2 aliphatic rings. The first-order valence-electron chi connectivity index (χ1n) is 7.88. The van der Waals surface area contributed by atoms with E-state index in [9.17, 15) is 0 Å². The summed E-state index contributed by atoms with van der Waals surface area (Å²) in [5, 5.41) is 0. The van der Waals surface area contributed by atoms with E-state index in [0.29, 0.717) is 11.0 Å². The highest BCUT2D eigenvalue weighted by Gasteiger charge is 2.25. The summed E-state index contributed by atoms with van der Waals surface area (Å²) in [4.78, 5) is 10.2. The molecular formula is C16H24N4S. The summed E-state index contributed by atoms with van der Waals surface area (Å²) in [5.41, 5.74) is 9.49. The molecule has 114 valence electrons. The van der Waals surface area contributed by atoms with Crippen molar-refractivity contribution in [2.75, 3.05) is 31.1 Å². The zero-order valence-corrected chi connectivity index (χ0v) is 13.7. The van der Waals surface area contributed by atoms with Crippen molar-refractivity contribution in [3.63, 3.8) is 0 Å². The van der Waals surface area contributed by atoms with Crippen molar-refractivity contribution in [3.05, 3.63) is 22.9 Å². The van der Waals surface area contributed by atoms with E-state index >= 15 is 0 Å². The highest BCUT2D eigenvalue weighted by atomic mass is 32.1. The van der Waals surface area contributed by atoms with Gasteiger partial charge in [0.25, 0.3) is 0 Å². The Hall–Kier alpha value is -1.20. The fourth-order valence-corrected chi connectivity index (χ4v) is 3.48. The molecule has 0 aromatic carbocycles. The van der Waals surface area contributed by atoms with Crippen LogP contribution in [0.1, 0.15) is 37.1 Å². The molecule has 0 unspecified atom stereocenters. The second-order valence-corrected chi connectivity index (χ2v) is 6.74. The zero-order valence-electron chi connectivity index (χ0n) is 12.9. The summed E-state index contributed by atoms with van der Waals surface area (Å²) < 4.78 is 0. The van der Waals surface area contributed by atoms with Crippen LogP contribution >= 0.6 is 12.2 Å². The third-order valence-electron chi connectivity index (χ3n) is 4.64. The zero-order chi connectivity index (χ0) is 15.0. The van der Waals surface area contributed by atoms with E-state index in [1.165, 1.54) is 17.7 Å². The largest absolute Gasteiger partial charge is 0.389 e. The smallest absolute Gasteiger partial charge is 0.139 e. The number of aryl methyl sites for hydroxylation is 2. The monoisotopic (exact) mass is 304 g/mol. The molecule has 1 saturated heterocycles. The van der Waals surface area contributed by atoms with Crippen molar-refractivity contribution in [1.82, 2.24) is 9.88 Å². The average Bonchev–Trinajstić information content (AvgIpc) is 2.93. The molecule has 0 bridgehead atoms. The number of aromatic nitrogens is 1. The number of rotatable bonds is 3. The highest BCUT2D eigenvalue weighted by molar-refractivity contribution is 7.80. The second kappa shape index (κ2) is 5.89. The van der Waals surface area contributed by atoms with Crippen molar-refractivity contribution < 1.29 is 0 Å². The van der Waals surface area contributed by atoms with Crippen LogP contribution in [0, 0.1) is 0 Å². The molecule has 4 nitrogen and oxygen atoms in total. The number of anilines is 1. The average molecular weight is 304 g/mol. The number of nitrogens with zero attached hydrogens (tertiary/aromatic N) is 3. The van der Waals surface area contributed by atoms with Crippen molar-refractivity contribution >= 4 is 23.0 Å². The van der Waals surface area contributed by atoms with Crippen molar-refractivity contribution in [2.45, 2.75) is 39.2 Å². The standard InChI is InChI=1S/C16H24N4S/c1-11(2)19-6-8-20(9-7-19)16-13(15(17)21)10-12-4-3-5-14(12)18-16/h10-11H,3-9H2,1-2H3,(H2,17,21). The van der Waals surface area contributed by atoms with Crippen LogP contribution < -0.4 is 10.6 Å². The number of nitrogens with two attached hydrogens (primary N) is 1. The third kappa shape index (κ3) is 2.90. The van der Waals surface area contributed by atoms with Gasteiger partial charge in [-0.15, -0.1) is 0 Å². The molecule has 0 spiro atoms. The van der Waals surface area contributed by atoms with E-state index in [2.05, 4.69) is 29.7 Å². The molecule has 1 aliphatic carbocycles. The summed E-state index contributed by atoms with van der Waals surface area (Å²) in [6.07, 6.45) is 3.40. The molecule has 3 rings (SSSR count). The fraction of sp³-hybridized carbons (Fsp3) is 0.625. The predicted octanol–water partition coefficient (Wildman–Crippen LogP) is 1.73. The van der Waals surface area contributed by atoms with Gasteiger partial charge in [0.15, 0.2) is 0 Å². The van der Waals surface area contributed by atoms with E-state index in [0.717, 1.165) is 50.4 Å². The van der Waals surface area contributed by atoms with Gasteiger partial charge in [-0.05, 0) is 44.7 Å². The van der Waals surface area contributed by atoms with Crippen LogP contribution in [0.4, 0.5) is 5.82 Å². The minimum Gasteiger partial charge on any atom is -0.389 e. The molecule has 0 radical (unpaired) electrons. The summed E-state index contributed by atoms with van der Waals surface area (Å²) >= 11 is 5.26. The summed E-state index contributed by atoms with van der Waals surface area (Å²) in [6, 6.07) is 2.79. The van der Waals surface area contributed by atoms with Gasteiger partial charge < -0.3 is 10.6 Å². The Morgan fingerprint density at radius 2 is 1.95 bits per heavy atom. The lowest BCUT2D eigenvalue weighted by molar-refractivity contribution is 0.209. The Labute approximate surface area is 132 Å². The van der Waals surface area contributed by atoms with Gasteiger partial charge in [0, 0.05) is 37.9 Å². The van der Waals surface area contributed by atoms with Gasteiger partial charge in [0.2, 0.25) is 0 Å². The normalized spacial score (nSPS) is 19.1. The van der Waals surface area contributed by atoms with Crippen LogP contribution in [-0.4, -0.2) is 47.1 Å². The molecular weight excluding hydrogens is 280 g/mol. The molecule has 1 aliphatic heterocycles. The quantitative estimate of drug-likeness (QED) is 0.862. The molecule has 1 aromatic rings. The second-order valence-electron chi connectivity index (χ2n) is 6.30. The van der Waals surface area contributed by atoms with Gasteiger partial charge in [-0.2, -0.15) is 0 Å². The number of hydrogen-bond donors (Lipinski definition) is 1. The molecule has 2 N–H and O–H groups in total. The lowest BCUT2D eigenvalue weighted by atomic mass is 10.1. The first-order valence-corrected chi connectivity index (χ1v) is 8.28. The first kappa shape index (κ1) is 14.7. The maximum absolute atomic E-state index is 5.95. The molecule has 2 heterocycles. The lowest BCUT2D eigenvalue weighted by Gasteiger charge is -2.38. The summed E-state index contributed by atoms with van der Waals surface area (Å²) in [6.45, 7) is 8.66. The maximum atomic E-state index is 5.95. The van der Waals surface area contributed by atoms with E-state index in [1.54, 1.807) is 0 Å². The maximum Gasteiger partial charge on any atom is 0.139 e. The van der Waals surface area contributed by atoms with Gasteiger partial charge in [-0.1, -0.05) is 12.2 Å². The molecule has 0 saturated carbocycles. The Bertz CT molecular complexity index is 547. The van der Waals surface area contributed by atoms with E-state index < -0.39 is 0 Å². The summed E-state index contributed by atoms with van der Waals surface area (Å²) in [5.74, 6) is 1.01. The topological polar surface area (TPSA) is 45.4 Å². The third-order valence-corrected chi connectivity index (χ3v) is 4.86. The SMILES string of the molecule is CC(C)N1CCN(c2nc3c(cc2C(N)=S)CCC3)CC1. The Balaban J connectivity index is 1.86. The first-order chi connectivity index (χ1) is 10.1. The van der Waals surface area contributed by atoms with Crippen LogP contribution in [0.15, 0.2) is 6.07 Å². The number of fused-ring (bicyclic) bond motifs is 1. The van der Waals surface area contributed by atoms with E-state index in [4.69, 9.17) is 22.9 Å². The van der Waals surface area contributed by atoms with Crippen LogP contribution in [0.3, 0.4) is 0 Å². The van der Waals surface area contributed by atoms with Crippen LogP contribution in [0.5, 0.6) is 0 Å². The number of thiocarbonyl (C=S) groups is 1. The van der Waals surface area contributed by atoms with Crippen LogP contribution in [0.25, 0.3) is 0 Å². The van der Waals surface area contributed by atoms with Crippen LogP contribution in [0.2, 0.25) is 0 Å². The van der Waals surface area contributed by atoms with E-state index in [1.807, 2.05) is 0 Å². The number of piperazine rings is 1. The Morgan fingerprint density at radius 1 is 1.24 bits per heavy atom. The van der Waals surface area contributed by atoms with Crippen molar-refractivity contribution in [1.29, 1.82) is 0 Å². The van der Waals surface area contributed by atoms with Gasteiger partial charge in [-0.25, -0.2) is 4.98 Å². The molecule has 1 aromatic heterocycles. The highest BCUT2D eigenvalue weighted by Crippen LogP contribution is 2.28. The minimum absolute atomic E-state index is 0.471. The number of pyridine rings is 1. The van der Waals surface area contributed by atoms with Gasteiger partial charge in [0.05, 0.1) is 5.56 Å². The molecule has 0 atom stereocenters. The van der Waals surface area contributed by atoms with Gasteiger partial charge in [0.1, 0.15) is 10.8 Å². The Morgan fingerprint density at radius 3 is 2.57 bits per heavy atom. The van der Waals surface area contributed by atoms with Crippen LogP contribution in [-0.2, 0) is 12.8 Å². The molecule has 21 heavy (non-hydrogen) atoms. The Kier molecular flexibility index (Phi) is 4.13. The number of hydrogen-bond acceptors (Lipinski definition) is 4. The van der Waals surface area contributed by atoms with Crippen molar-refractivity contribution in [2.24, 2.45) is 5.73 Å².